The van der Waals surface area contributed by atoms with E-state index in [2.05, 4.69) is 16.6 Å². The van der Waals surface area contributed by atoms with Crippen LogP contribution in [0.3, 0.4) is 0 Å². The topological polar surface area (TPSA) is 90.6 Å². The van der Waals surface area contributed by atoms with Crippen molar-refractivity contribution in [3.8, 4) is 11.5 Å². The standard InChI is InChI=1S/C16H19N3O3/c1-9(2)17-8-14-11(4)19(16(22)18-14)10(3)13-7-12(20)5-6-15(13)21/h5-8,10,20-21H,1H2,2-4H3,(H,18,22)/t10-/m1/s1. The maximum absolute atomic E-state index is 12.2. The van der Waals surface area contributed by atoms with Crippen molar-refractivity contribution in [2.24, 2.45) is 4.99 Å². The smallest absolute Gasteiger partial charge is 0.326 e. The largest absolute Gasteiger partial charge is 0.508 e. The van der Waals surface area contributed by atoms with Crippen LogP contribution >= 0.6 is 0 Å². The van der Waals surface area contributed by atoms with Crippen LogP contribution in [0, 0.1) is 6.92 Å². The van der Waals surface area contributed by atoms with Crippen LogP contribution in [-0.4, -0.2) is 26.0 Å². The molecule has 2 aromatic rings. The zero-order valence-electron chi connectivity index (χ0n) is 12.8. The van der Waals surface area contributed by atoms with Gasteiger partial charge in [0.15, 0.2) is 0 Å². The van der Waals surface area contributed by atoms with E-state index in [0.717, 1.165) is 0 Å². The van der Waals surface area contributed by atoms with Crippen molar-refractivity contribution in [3.05, 3.63) is 57.9 Å². The highest BCUT2D eigenvalue weighted by molar-refractivity contribution is 5.79. The van der Waals surface area contributed by atoms with E-state index in [0.29, 0.717) is 22.6 Å². The lowest BCUT2D eigenvalue weighted by Crippen LogP contribution is -2.22. The molecule has 6 heteroatoms. The summed E-state index contributed by atoms with van der Waals surface area (Å²) in [6.45, 7) is 8.99. The zero-order chi connectivity index (χ0) is 16.4. The lowest BCUT2D eigenvalue weighted by Gasteiger charge is -2.16. The number of rotatable bonds is 4. The fraction of sp³-hybridized carbons (Fsp3) is 0.250. The minimum absolute atomic E-state index is 0.0231. The Morgan fingerprint density at radius 1 is 1.45 bits per heavy atom. The summed E-state index contributed by atoms with van der Waals surface area (Å²) in [7, 11) is 0. The molecule has 1 aromatic carbocycles. The second-order valence-electron chi connectivity index (χ2n) is 5.21. The highest BCUT2D eigenvalue weighted by Gasteiger charge is 2.19. The maximum atomic E-state index is 12.2. The first-order chi connectivity index (χ1) is 10.3. The van der Waals surface area contributed by atoms with Crippen molar-refractivity contribution in [3.63, 3.8) is 0 Å². The molecule has 2 rings (SSSR count). The first-order valence-electron chi connectivity index (χ1n) is 6.83. The fourth-order valence-corrected chi connectivity index (χ4v) is 2.33. The second-order valence-corrected chi connectivity index (χ2v) is 5.21. The summed E-state index contributed by atoms with van der Waals surface area (Å²) in [6, 6.07) is 3.80. The first kappa shape index (κ1) is 15.6. The summed E-state index contributed by atoms with van der Waals surface area (Å²) in [5, 5.41) is 19.5. The number of imidazole rings is 1. The number of allylic oxidation sites excluding steroid dienone is 1. The average Bonchev–Trinajstić information content (AvgIpc) is 2.73. The van der Waals surface area contributed by atoms with Gasteiger partial charge in [0.05, 0.1) is 18.0 Å². The van der Waals surface area contributed by atoms with Gasteiger partial charge in [0.2, 0.25) is 0 Å². The number of aliphatic imine (C=N–C) groups is 1. The number of phenols is 2. The van der Waals surface area contributed by atoms with Crippen LogP contribution in [0.25, 0.3) is 0 Å². The molecule has 0 radical (unpaired) electrons. The molecule has 0 amide bonds. The van der Waals surface area contributed by atoms with E-state index >= 15 is 0 Å². The van der Waals surface area contributed by atoms with Crippen LogP contribution < -0.4 is 5.69 Å². The maximum Gasteiger partial charge on any atom is 0.326 e. The number of aromatic nitrogens is 2. The number of hydrogen-bond donors (Lipinski definition) is 3. The second kappa shape index (κ2) is 5.93. The Morgan fingerprint density at radius 3 is 2.77 bits per heavy atom. The Morgan fingerprint density at radius 2 is 2.14 bits per heavy atom. The average molecular weight is 301 g/mol. The molecule has 0 fully saturated rings. The van der Waals surface area contributed by atoms with Crippen LogP contribution in [0.15, 0.2) is 40.3 Å². The van der Waals surface area contributed by atoms with Gasteiger partial charge in [-0.25, -0.2) is 4.79 Å². The number of phenolic OH excluding ortho intramolecular Hbond substituents is 2. The lowest BCUT2D eigenvalue weighted by atomic mass is 10.1. The number of hydrogen-bond acceptors (Lipinski definition) is 4. The molecule has 1 heterocycles. The van der Waals surface area contributed by atoms with Crippen LogP contribution in [0.5, 0.6) is 11.5 Å². The van der Waals surface area contributed by atoms with Crippen LogP contribution in [-0.2, 0) is 0 Å². The molecule has 0 bridgehead atoms. The number of nitrogens with zero attached hydrogens (tertiary/aromatic N) is 2. The summed E-state index contributed by atoms with van der Waals surface area (Å²) < 4.78 is 1.51. The van der Waals surface area contributed by atoms with E-state index in [-0.39, 0.29) is 17.2 Å². The van der Waals surface area contributed by atoms with Crippen LogP contribution in [0.1, 0.15) is 36.8 Å². The van der Waals surface area contributed by atoms with Gasteiger partial charge in [-0.3, -0.25) is 9.56 Å². The third kappa shape index (κ3) is 2.95. The van der Waals surface area contributed by atoms with E-state index in [1.165, 1.54) is 22.8 Å². The van der Waals surface area contributed by atoms with Crippen LogP contribution in [0.2, 0.25) is 0 Å². The van der Waals surface area contributed by atoms with E-state index in [1.54, 1.807) is 27.0 Å². The number of aromatic hydroxyl groups is 2. The quantitative estimate of drug-likeness (QED) is 0.598. The number of benzene rings is 1. The predicted molar refractivity (Wildman–Crippen MR) is 85.8 cm³/mol. The van der Waals surface area contributed by atoms with Gasteiger partial charge in [-0.1, -0.05) is 6.58 Å². The Kier molecular flexibility index (Phi) is 4.21. The van der Waals surface area contributed by atoms with Gasteiger partial charge >= 0.3 is 5.69 Å². The minimum Gasteiger partial charge on any atom is -0.508 e. The summed E-state index contributed by atoms with van der Waals surface area (Å²) in [6.07, 6.45) is 1.55. The molecule has 1 atom stereocenters. The number of aromatic amines is 1. The molecule has 0 aliphatic carbocycles. The molecule has 3 N–H and O–H groups in total. The third-order valence-electron chi connectivity index (χ3n) is 3.47. The number of H-pyrrole nitrogens is 1. The molecule has 0 aliphatic rings. The normalized spacial score (nSPS) is 12.7. The van der Waals surface area contributed by atoms with Gasteiger partial charge in [0.1, 0.15) is 11.5 Å². The van der Waals surface area contributed by atoms with Crippen molar-refractivity contribution in [2.45, 2.75) is 26.8 Å². The third-order valence-corrected chi connectivity index (χ3v) is 3.47. The molecular weight excluding hydrogens is 282 g/mol. The van der Waals surface area contributed by atoms with Gasteiger partial charge in [-0.2, -0.15) is 0 Å². The van der Waals surface area contributed by atoms with Gasteiger partial charge in [-0.05, 0) is 39.0 Å². The zero-order valence-corrected chi connectivity index (χ0v) is 12.8. The fourth-order valence-electron chi connectivity index (χ4n) is 2.33. The van der Waals surface area contributed by atoms with Crippen molar-refractivity contribution < 1.29 is 10.2 Å². The Balaban J connectivity index is 2.51. The van der Waals surface area contributed by atoms with Crippen molar-refractivity contribution in [2.75, 3.05) is 0 Å². The summed E-state index contributed by atoms with van der Waals surface area (Å²) in [5.74, 6) is 0.0555. The molecule has 0 saturated heterocycles. The molecule has 22 heavy (non-hydrogen) atoms. The Labute approximate surface area is 128 Å². The van der Waals surface area contributed by atoms with Gasteiger partial charge in [-0.15, -0.1) is 0 Å². The molecule has 1 aromatic heterocycles. The molecule has 0 aliphatic heterocycles. The van der Waals surface area contributed by atoms with E-state index in [4.69, 9.17) is 0 Å². The van der Waals surface area contributed by atoms with Gasteiger partial charge in [0.25, 0.3) is 0 Å². The van der Waals surface area contributed by atoms with Crippen molar-refractivity contribution in [1.29, 1.82) is 0 Å². The Hall–Kier alpha value is -2.76. The van der Waals surface area contributed by atoms with Crippen molar-refractivity contribution in [1.82, 2.24) is 9.55 Å². The van der Waals surface area contributed by atoms with E-state index < -0.39 is 6.04 Å². The minimum atomic E-state index is -0.442. The molecule has 0 spiro atoms. The SMILES string of the molecule is C=C(C)N=Cc1[nH]c(=O)n([C@H](C)c2cc(O)ccc2O)c1C. The van der Waals surface area contributed by atoms with Crippen LogP contribution in [0.4, 0.5) is 0 Å². The molecule has 6 nitrogen and oxygen atoms in total. The van der Waals surface area contributed by atoms with E-state index in [1.807, 2.05) is 0 Å². The lowest BCUT2D eigenvalue weighted by molar-refractivity contribution is 0.442. The molecule has 116 valence electrons. The van der Waals surface area contributed by atoms with Gasteiger partial charge in [0, 0.05) is 17.0 Å². The summed E-state index contributed by atoms with van der Waals surface area (Å²) in [4.78, 5) is 19.0. The van der Waals surface area contributed by atoms with E-state index in [9.17, 15) is 15.0 Å². The highest BCUT2D eigenvalue weighted by Crippen LogP contribution is 2.30. The Bertz CT molecular complexity index is 799. The summed E-state index contributed by atoms with van der Waals surface area (Å²) in [5.41, 5.74) is 2.06. The molecular formula is C16H19N3O3. The van der Waals surface area contributed by atoms with Crippen molar-refractivity contribution >= 4 is 6.21 Å². The monoisotopic (exact) mass is 301 g/mol. The number of nitrogens with one attached hydrogen (secondary N) is 1. The summed E-state index contributed by atoms with van der Waals surface area (Å²) >= 11 is 0. The highest BCUT2D eigenvalue weighted by atomic mass is 16.3. The first-order valence-corrected chi connectivity index (χ1v) is 6.83. The predicted octanol–water partition coefficient (Wildman–Crippen LogP) is 2.46. The molecule has 0 saturated carbocycles. The molecule has 0 unspecified atom stereocenters. The van der Waals surface area contributed by atoms with Gasteiger partial charge < -0.3 is 15.2 Å².